The fourth-order valence-corrected chi connectivity index (χ4v) is 4.01. The highest BCUT2D eigenvalue weighted by molar-refractivity contribution is 7.08. The van der Waals surface area contributed by atoms with Gasteiger partial charge in [0.05, 0.1) is 5.69 Å². The zero-order valence-corrected chi connectivity index (χ0v) is 21.9. The van der Waals surface area contributed by atoms with Gasteiger partial charge in [0.15, 0.2) is 5.78 Å². The maximum absolute atomic E-state index is 12.8. The second-order valence-electron chi connectivity index (χ2n) is 10.0. The van der Waals surface area contributed by atoms with Crippen LogP contribution in [-0.2, 0) is 17.7 Å². The number of nitrogens with one attached hydrogen (secondary N) is 2. The van der Waals surface area contributed by atoms with Gasteiger partial charge < -0.3 is 19.9 Å². The van der Waals surface area contributed by atoms with Gasteiger partial charge in [0.25, 0.3) is 0 Å². The van der Waals surface area contributed by atoms with E-state index in [0.717, 1.165) is 24.9 Å². The summed E-state index contributed by atoms with van der Waals surface area (Å²) in [4.78, 5) is 45.7. The number of hydrogen-bond acceptors (Lipinski definition) is 7. The summed E-state index contributed by atoms with van der Waals surface area (Å²) in [5.41, 5.74) is 1.86. The number of nitrogens with zero attached hydrogens (tertiary/aromatic N) is 3. The molecule has 1 saturated carbocycles. The Hall–Kier alpha value is -2.98. The molecular weight excluding hydrogens is 466 g/mol. The molecule has 2 aromatic rings. The van der Waals surface area contributed by atoms with Crippen molar-refractivity contribution in [1.29, 1.82) is 0 Å². The summed E-state index contributed by atoms with van der Waals surface area (Å²) in [6, 6.07) is 3.74. The molecule has 9 nitrogen and oxygen atoms in total. The number of anilines is 1. The molecule has 0 atom stereocenters. The minimum absolute atomic E-state index is 0.0722. The van der Waals surface area contributed by atoms with E-state index in [1.807, 2.05) is 30.4 Å². The van der Waals surface area contributed by atoms with Crippen LogP contribution in [0.15, 0.2) is 29.1 Å². The van der Waals surface area contributed by atoms with Crippen molar-refractivity contribution in [3.63, 3.8) is 0 Å². The van der Waals surface area contributed by atoms with Crippen LogP contribution in [0.5, 0.6) is 0 Å². The highest BCUT2D eigenvalue weighted by Crippen LogP contribution is 2.24. The molecule has 190 valence electrons. The molecule has 0 saturated heterocycles. The Labute approximate surface area is 210 Å². The van der Waals surface area contributed by atoms with Crippen LogP contribution in [-0.4, -0.2) is 71.5 Å². The lowest BCUT2D eigenvalue weighted by Gasteiger charge is -2.24. The van der Waals surface area contributed by atoms with Crippen LogP contribution >= 0.6 is 11.3 Å². The third kappa shape index (κ3) is 8.95. The second kappa shape index (κ2) is 11.6. The number of pyridine rings is 1. The quantitative estimate of drug-likeness (QED) is 0.474. The first-order valence-electron chi connectivity index (χ1n) is 11.7. The number of carbonyl (C=O) groups excluding carboxylic acids is 3. The van der Waals surface area contributed by atoms with Crippen LogP contribution in [0, 0.1) is 0 Å². The molecule has 0 aliphatic heterocycles. The number of ketones is 1. The molecule has 0 aromatic carbocycles. The number of likely N-dealkylation sites (N-methyl/N-ethyl adjacent to an activating group) is 1. The number of thiophene rings is 1. The molecule has 10 heteroatoms. The SMILES string of the molecule is CN(C)CCN(Cc1ccc(C(=O)Cc2cscc2NC(=O)OC(C)(C)C)nc1)C(=O)NC1CC1. The summed E-state index contributed by atoms with van der Waals surface area (Å²) in [5.74, 6) is -0.155. The zero-order chi connectivity index (χ0) is 25.6. The number of hydrogen-bond donors (Lipinski definition) is 2. The van der Waals surface area contributed by atoms with Crippen molar-refractivity contribution in [3.05, 3.63) is 45.9 Å². The van der Waals surface area contributed by atoms with E-state index in [2.05, 4.69) is 15.6 Å². The van der Waals surface area contributed by atoms with Gasteiger partial charge in [-0.2, -0.15) is 0 Å². The lowest BCUT2D eigenvalue weighted by Crippen LogP contribution is -2.43. The summed E-state index contributed by atoms with van der Waals surface area (Å²) in [6.07, 6.45) is 3.26. The standard InChI is InChI=1S/C25H35N5O4S/c1-25(2,3)34-24(33)28-21-16-35-15-18(21)12-22(31)20-9-6-17(13-26-20)14-30(11-10-29(4)5)23(32)27-19-7-8-19/h6,9,13,15-16,19H,7-8,10-12,14H2,1-5H3,(H,27,32)(H,28,33). The number of ether oxygens (including phenoxy) is 1. The molecule has 1 aliphatic rings. The summed E-state index contributed by atoms with van der Waals surface area (Å²) >= 11 is 1.40. The first-order chi connectivity index (χ1) is 16.5. The third-order valence-corrected chi connectivity index (χ3v) is 6.01. The van der Waals surface area contributed by atoms with E-state index in [1.165, 1.54) is 11.3 Å². The largest absolute Gasteiger partial charge is 0.444 e. The molecule has 0 radical (unpaired) electrons. The Kier molecular flexibility index (Phi) is 8.85. The van der Waals surface area contributed by atoms with Crippen LogP contribution in [0.2, 0.25) is 0 Å². The second-order valence-corrected chi connectivity index (χ2v) is 10.8. The van der Waals surface area contributed by atoms with E-state index in [0.29, 0.717) is 30.0 Å². The van der Waals surface area contributed by atoms with Crippen LogP contribution in [0.1, 0.15) is 55.2 Å². The lowest BCUT2D eigenvalue weighted by molar-refractivity contribution is 0.0635. The molecule has 0 spiro atoms. The van der Waals surface area contributed by atoms with E-state index in [1.54, 1.807) is 43.3 Å². The van der Waals surface area contributed by atoms with Crippen LogP contribution in [0.4, 0.5) is 15.3 Å². The summed E-state index contributed by atoms with van der Waals surface area (Å²) < 4.78 is 5.29. The maximum Gasteiger partial charge on any atom is 0.412 e. The average molecular weight is 502 g/mol. The van der Waals surface area contributed by atoms with Crippen molar-refractivity contribution in [2.24, 2.45) is 0 Å². The van der Waals surface area contributed by atoms with Gasteiger partial charge in [0, 0.05) is 43.7 Å². The van der Waals surface area contributed by atoms with Crippen LogP contribution < -0.4 is 10.6 Å². The fourth-order valence-electron chi connectivity index (χ4n) is 3.22. The van der Waals surface area contributed by atoms with Gasteiger partial charge in [0.2, 0.25) is 0 Å². The van der Waals surface area contributed by atoms with Gasteiger partial charge in [-0.05, 0) is 70.3 Å². The Bertz CT molecular complexity index is 1030. The topological polar surface area (TPSA) is 104 Å². The molecule has 3 rings (SSSR count). The predicted octanol–water partition coefficient (Wildman–Crippen LogP) is 4.15. The molecule has 0 bridgehead atoms. The average Bonchev–Trinajstić information content (AvgIpc) is 3.48. The molecule has 2 aromatic heterocycles. The van der Waals surface area contributed by atoms with Gasteiger partial charge in [-0.15, -0.1) is 11.3 Å². The normalized spacial score (nSPS) is 13.4. The van der Waals surface area contributed by atoms with Crippen molar-refractivity contribution < 1.29 is 19.1 Å². The van der Waals surface area contributed by atoms with E-state index >= 15 is 0 Å². The van der Waals surface area contributed by atoms with Crippen molar-refractivity contribution in [3.8, 4) is 0 Å². The van der Waals surface area contributed by atoms with Gasteiger partial charge in [-0.25, -0.2) is 9.59 Å². The van der Waals surface area contributed by atoms with Crippen molar-refractivity contribution in [2.75, 3.05) is 32.5 Å². The van der Waals surface area contributed by atoms with Crippen molar-refractivity contribution in [2.45, 2.75) is 58.2 Å². The number of carbonyl (C=O) groups is 3. The molecule has 0 unspecified atom stereocenters. The monoisotopic (exact) mass is 501 g/mol. The molecule has 2 N–H and O–H groups in total. The lowest BCUT2D eigenvalue weighted by atomic mass is 10.1. The summed E-state index contributed by atoms with van der Waals surface area (Å²) in [7, 11) is 3.95. The van der Waals surface area contributed by atoms with Crippen LogP contribution in [0.3, 0.4) is 0 Å². The third-order valence-electron chi connectivity index (χ3n) is 5.22. The highest BCUT2D eigenvalue weighted by Gasteiger charge is 2.26. The molecule has 35 heavy (non-hydrogen) atoms. The molecule has 1 fully saturated rings. The van der Waals surface area contributed by atoms with Gasteiger partial charge in [0.1, 0.15) is 11.3 Å². The predicted molar refractivity (Wildman–Crippen MR) is 137 cm³/mol. The Morgan fingerprint density at radius 3 is 2.49 bits per heavy atom. The smallest absolute Gasteiger partial charge is 0.412 e. The molecule has 2 heterocycles. The summed E-state index contributed by atoms with van der Waals surface area (Å²) in [6.45, 7) is 7.14. The van der Waals surface area contributed by atoms with E-state index in [9.17, 15) is 14.4 Å². The first kappa shape index (κ1) is 26.6. The van der Waals surface area contributed by atoms with Gasteiger partial charge in [-0.1, -0.05) is 6.07 Å². The minimum Gasteiger partial charge on any atom is -0.444 e. The van der Waals surface area contributed by atoms with Crippen molar-refractivity contribution >= 4 is 34.9 Å². The number of amides is 3. The number of urea groups is 1. The Balaban J connectivity index is 1.60. The first-order valence-corrected chi connectivity index (χ1v) is 12.7. The number of rotatable bonds is 10. The highest BCUT2D eigenvalue weighted by atomic mass is 32.1. The zero-order valence-electron chi connectivity index (χ0n) is 21.1. The van der Waals surface area contributed by atoms with E-state index < -0.39 is 11.7 Å². The Morgan fingerprint density at radius 2 is 1.89 bits per heavy atom. The molecule has 1 aliphatic carbocycles. The molecule has 3 amide bonds. The molecular formula is C25H35N5O4S. The fraction of sp³-hybridized carbons (Fsp3) is 0.520. The summed E-state index contributed by atoms with van der Waals surface area (Å²) in [5, 5.41) is 9.36. The Morgan fingerprint density at radius 1 is 1.14 bits per heavy atom. The van der Waals surface area contributed by atoms with Gasteiger partial charge in [-0.3, -0.25) is 15.1 Å². The van der Waals surface area contributed by atoms with E-state index in [4.69, 9.17) is 4.74 Å². The maximum atomic E-state index is 12.8. The number of Topliss-reactive ketones (excluding diaryl/α,β-unsaturated/α-hetero) is 1. The van der Waals surface area contributed by atoms with Crippen LogP contribution in [0.25, 0.3) is 0 Å². The number of aromatic nitrogens is 1. The minimum atomic E-state index is -0.609. The van der Waals surface area contributed by atoms with Crippen molar-refractivity contribution in [1.82, 2.24) is 20.1 Å². The van der Waals surface area contributed by atoms with Gasteiger partial charge >= 0.3 is 12.1 Å². The van der Waals surface area contributed by atoms with E-state index in [-0.39, 0.29) is 24.3 Å².